The molecule has 0 bridgehead atoms. The highest BCUT2D eigenvalue weighted by Crippen LogP contribution is 2.22. The standard InChI is InChI=1S/C12H11F2N3O2/c1-2-19-12(18)7-6-16-17(11(7)15)10-8(13)4-3-5-9(10)14/h3-6H,2,15H2,1H3. The number of nitrogen functional groups attached to an aromatic ring is 1. The first-order valence-electron chi connectivity index (χ1n) is 5.51. The molecule has 0 fully saturated rings. The van der Waals surface area contributed by atoms with E-state index in [2.05, 4.69) is 5.10 Å². The largest absolute Gasteiger partial charge is 0.462 e. The van der Waals surface area contributed by atoms with E-state index in [1.54, 1.807) is 6.92 Å². The van der Waals surface area contributed by atoms with Crippen LogP contribution in [0.15, 0.2) is 24.4 Å². The van der Waals surface area contributed by atoms with Crippen LogP contribution in [0.1, 0.15) is 17.3 Å². The van der Waals surface area contributed by atoms with Crippen LogP contribution in [0.5, 0.6) is 0 Å². The maximum Gasteiger partial charge on any atom is 0.343 e. The van der Waals surface area contributed by atoms with Gasteiger partial charge in [-0.25, -0.2) is 18.3 Å². The van der Waals surface area contributed by atoms with Gasteiger partial charge < -0.3 is 10.5 Å². The summed E-state index contributed by atoms with van der Waals surface area (Å²) in [5.41, 5.74) is 5.20. The van der Waals surface area contributed by atoms with E-state index in [4.69, 9.17) is 10.5 Å². The normalized spacial score (nSPS) is 10.5. The number of carbonyl (C=O) groups excluding carboxylic acids is 1. The molecule has 0 amide bonds. The molecule has 19 heavy (non-hydrogen) atoms. The zero-order chi connectivity index (χ0) is 14.0. The molecule has 100 valence electrons. The fourth-order valence-electron chi connectivity index (χ4n) is 1.59. The highest BCUT2D eigenvalue weighted by atomic mass is 19.1. The number of hydrogen-bond donors (Lipinski definition) is 1. The van der Waals surface area contributed by atoms with E-state index in [0.29, 0.717) is 0 Å². The third-order valence-electron chi connectivity index (χ3n) is 2.45. The summed E-state index contributed by atoms with van der Waals surface area (Å²) >= 11 is 0. The van der Waals surface area contributed by atoms with Crippen LogP contribution in [0.4, 0.5) is 14.6 Å². The number of hydrogen-bond acceptors (Lipinski definition) is 4. The van der Waals surface area contributed by atoms with Crippen molar-refractivity contribution >= 4 is 11.8 Å². The monoisotopic (exact) mass is 267 g/mol. The number of nitrogens with two attached hydrogens (primary N) is 1. The molecule has 0 aliphatic carbocycles. The van der Waals surface area contributed by atoms with Gasteiger partial charge in [-0.05, 0) is 19.1 Å². The van der Waals surface area contributed by atoms with Crippen LogP contribution in [0.3, 0.4) is 0 Å². The molecule has 0 saturated heterocycles. The zero-order valence-corrected chi connectivity index (χ0v) is 10.1. The summed E-state index contributed by atoms with van der Waals surface area (Å²) in [4.78, 5) is 11.5. The second kappa shape index (κ2) is 5.05. The number of nitrogens with zero attached hydrogens (tertiary/aromatic N) is 2. The average Bonchev–Trinajstić information content (AvgIpc) is 2.72. The fraction of sp³-hybridized carbons (Fsp3) is 0.167. The van der Waals surface area contributed by atoms with Gasteiger partial charge in [-0.3, -0.25) is 0 Å². The van der Waals surface area contributed by atoms with Gasteiger partial charge in [-0.1, -0.05) is 6.07 Å². The molecule has 2 rings (SSSR count). The molecule has 0 spiro atoms. The van der Waals surface area contributed by atoms with E-state index in [1.807, 2.05) is 0 Å². The van der Waals surface area contributed by atoms with Crippen molar-refractivity contribution in [2.45, 2.75) is 6.92 Å². The molecule has 7 heteroatoms. The minimum Gasteiger partial charge on any atom is -0.462 e. The second-order valence-corrected chi connectivity index (χ2v) is 3.65. The molecular formula is C12H11F2N3O2. The molecule has 1 aromatic heterocycles. The summed E-state index contributed by atoms with van der Waals surface area (Å²) in [5, 5.41) is 3.72. The Hall–Kier alpha value is -2.44. The van der Waals surface area contributed by atoms with Crippen molar-refractivity contribution in [1.29, 1.82) is 0 Å². The SMILES string of the molecule is CCOC(=O)c1cnn(-c2c(F)cccc2F)c1N. The Morgan fingerprint density at radius 1 is 1.42 bits per heavy atom. The Morgan fingerprint density at radius 3 is 2.63 bits per heavy atom. The van der Waals surface area contributed by atoms with Crippen LogP contribution in [-0.4, -0.2) is 22.4 Å². The summed E-state index contributed by atoms with van der Waals surface area (Å²) in [7, 11) is 0. The third-order valence-corrected chi connectivity index (χ3v) is 2.45. The van der Waals surface area contributed by atoms with Crippen molar-refractivity contribution in [3.8, 4) is 5.69 Å². The Balaban J connectivity index is 2.51. The molecule has 0 aliphatic heterocycles. The van der Waals surface area contributed by atoms with Crippen molar-refractivity contribution in [2.75, 3.05) is 12.3 Å². The van der Waals surface area contributed by atoms with Crippen LogP contribution in [0, 0.1) is 11.6 Å². The van der Waals surface area contributed by atoms with Crippen molar-refractivity contribution in [1.82, 2.24) is 9.78 Å². The van der Waals surface area contributed by atoms with Gasteiger partial charge in [0.1, 0.15) is 17.1 Å². The van der Waals surface area contributed by atoms with Crippen molar-refractivity contribution in [3.63, 3.8) is 0 Å². The highest BCUT2D eigenvalue weighted by molar-refractivity contribution is 5.94. The van der Waals surface area contributed by atoms with E-state index in [9.17, 15) is 13.6 Å². The van der Waals surface area contributed by atoms with Crippen LogP contribution in [0.2, 0.25) is 0 Å². The first-order chi connectivity index (χ1) is 9.06. The van der Waals surface area contributed by atoms with Crippen LogP contribution in [0.25, 0.3) is 5.69 Å². The lowest BCUT2D eigenvalue weighted by Crippen LogP contribution is -2.10. The van der Waals surface area contributed by atoms with Gasteiger partial charge >= 0.3 is 5.97 Å². The topological polar surface area (TPSA) is 70.1 Å². The Morgan fingerprint density at radius 2 is 2.05 bits per heavy atom. The van der Waals surface area contributed by atoms with E-state index in [0.717, 1.165) is 23.0 Å². The molecule has 1 heterocycles. The maximum atomic E-state index is 13.6. The molecule has 2 aromatic rings. The smallest absolute Gasteiger partial charge is 0.343 e. The number of aromatic nitrogens is 2. The molecule has 5 nitrogen and oxygen atoms in total. The molecule has 0 atom stereocenters. The molecule has 0 radical (unpaired) electrons. The Bertz CT molecular complexity index is 605. The first-order valence-corrected chi connectivity index (χ1v) is 5.51. The summed E-state index contributed by atoms with van der Waals surface area (Å²) in [6.07, 6.45) is 1.11. The number of anilines is 1. The number of rotatable bonds is 3. The highest BCUT2D eigenvalue weighted by Gasteiger charge is 2.20. The molecular weight excluding hydrogens is 256 g/mol. The maximum absolute atomic E-state index is 13.6. The number of esters is 1. The van der Waals surface area contributed by atoms with E-state index < -0.39 is 23.3 Å². The first kappa shape index (κ1) is 13.0. The summed E-state index contributed by atoms with van der Waals surface area (Å²) < 4.78 is 32.8. The van der Waals surface area contributed by atoms with Gasteiger partial charge in [0.25, 0.3) is 0 Å². The third kappa shape index (κ3) is 2.26. The van der Waals surface area contributed by atoms with E-state index in [1.165, 1.54) is 6.07 Å². The zero-order valence-electron chi connectivity index (χ0n) is 10.1. The molecule has 0 unspecified atom stereocenters. The van der Waals surface area contributed by atoms with Gasteiger partial charge in [-0.15, -0.1) is 0 Å². The summed E-state index contributed by atoms with van der Waals surface area (Å²) in [5.74, 6) is -2.53. The van der Waals surface area contributed by atoms with Crippen molar-refractivity contribution in [3.05, 3.63) is 41.6 Å². The Labute approximate surface area is 107 Å². The van der Waals surface area contributed by atoms with Gasteiger partial charge in [0.15, 0.2) is 11.6 Å². The van der Waals surface area contributed by atoms with E-state index in [-0.39, 0.29) is 18.0 Å². The number of carbonyl (C=O) groups is 1. The lowest BCUT2D eigenvalue weighted by molar-refractivity contribution is 0.0527. The minimum atomic E-state index is -0.829. The fourth-order valence-corrected chi connectivity index (χ4v) is 1.59. The molecule has 1 aromatic carbocycles. The summed E-state index contributed by atoms with van der Waals surface area (Å²) in [6, 6.07) is 3.37. The van der Waals surface area contributed by atoms with Gasteiger partial charge in [0, 0.05) is 0 Å². The van der Waals surface area contributed by atoms with Gasteiger partial charge in [-0.2, -0.15) is 5.10 Å². The molecule has 0 saturated carbocycles. The lowest BCUT2D eigenvalue weighted by Gasteiger charge is -2.07. The van der Waals surface area contributed by atoms with Crippen LogP contribution < -0.4 is 5.73 Å². The second-order valence-electron chi connectivity index (χ2n) is 3.65. The van der Waals surface area contributed by atoms with Gasteiger partial charge in [0.2, 0.25) is 0 Å². The van der Waals surface area contributed by atoms with Crippen LogP contribution in [-0.2, 0) is 4.74 Å². The summed E-state index contributed by atoms with van der Waals surface area (Å²) in [6.45, 7) is 1.80. The molecule has 0 aliphatic rings. The average molecular weight is 267 g/mol. The predicted octanol–water partition coefficient (Wildman–Crippen LogP) is 1.91. The number of ether oxygens (including phenoxy) is 1. The minimum absolute atomic E-state index is 0.0375. The number of halogens is 2. The molecule has 2 N–H and O–H groups in total. The van der Waals surface area contributed by atoms with Gasteiger partial charge in [0.05, 0.1) is 12.8 Å². The number of para-hydroxylation sites is 1. The quantitative estimate of drug-likeness (QED) is 0.862. The van der Waals surface area contributed by atoms with Crippen LogP contribution >= 0.6 is 0 Å². The van der Waals surface area contributed by atoms with Crippen molar-refractivity contribution in [2.24, 2.45) is 0 Å². The van der Waals surface area contributed by atoms with E-state index >= 15 is 0 Å². The lowest BCUT2D eigenvalue weighted by atomic mass is 10.3. The Kier molecular flexibility index (Phi) is 3.46. The predicted molar refractivity (Wildman–Crippen MR) is 63.8 cm³/mol. The van der Waals surface area contributed by atoms with Crippen molar-refractivity contribution < 1.29 is 18.3 Å². The number of benzene rings is 1.